The highest BCUT2D eigenvalue weighted by molar-refractivity contribution is 5.94. The Bertz CT molecular complexity index is 738. The Hall–Kier alpha value is -2.82. The van der Waals surface area contributed by atoms with Gasteiger partial charge in [0.05, 0.1) is 0 Å². The first-order valence-electron chi connectivity index (χ1n) is 9.11. The highest BCUT2D eigenvalue weighted by Gasteiger charge is 2.15. The van der Waals surface area contributed by atoms with Crippen molar-refractivity contribution in [2.45, 2.75) is 19.8 Å². The average Bonchev–Trinajstić information content (AvgIpc) is 3.20. The van der Waals surface area contributed by atoms with Crippen molar-refractivity contribution in [3.8, 4) is 0 Å². The van der Waals surface area contributed by atoms with E-state index in [-0.39, 0.29) is 11.8 Å². The van der Waals surface area contributed by atoms with Crippen molar-refractivity contribution < 1.29 is 9.59 Å². The summed E-state index contributed by atoms with van der Waals surface area (Å²) in [5.74, 6) is -0.161. The number of carbonyl (C=O) groups is 2. The van der Waals surface area contributed by atoms with Gasteiger partial charge in [-0.15, -0.1) is 0 Å². The lowest BCUT2D eigenvalue weighted by atomic mass is 10.2. The van der Waals surface area contributed by atoms with Gasteiger partial charge in [-0.3, -0.25) is 9.59 Å². The summed E-state index contributed by atoms with van der Waals surface area (Å²) >= 11 is 0. The van der Waals surface area contributed by atoms with Gasteiger partial charge in [0.25, 0.3) is 5.91 Å². The molecule has 0 spiro atoms. The van der Waals surface area contributed by atoms with Gasteiger partial charge in [0.2, 0.25) is 5.91 Å². The number of amides is 2. The molecule has 0 aliphatic carbocycles. The van der Waals surface area contributed by atoms with Gasteiger partial charge < -0.3 is 15.1 Å². The second-order valence-electron chi connectivity index (χ2n) is 6.50. The predicted molar refractivity (Wildman–Crippen MR) is 105 cm³/mol. The van der Waals surface area contributed by atoms with Crippen molar-refractivity contribution in [3.63, 3.8) is 0 Å². The molecule has 2 amide bonds. The zero-order chi connectivity index (χ0) is 18.4. The van der Waals surface area contributed by atoms with E-state index in [1.54, 1.807) is 24.0 Å². The van der Waals surface area contributed by atoms with E-state index in [9.17, 15) is 9.59 Å². The highest BCUT2D eigenvalue weighted by Crippen LogP contribution is 2.23. The van der Waals surface area contributed by atoms with Gasteiger partial charge in [-0.05, 0) is 49.2 Å². The van der Waals surface area contributed by atoms with Crippen molar-refractivity contribution in [1.82, 2.24) is 5.32 Å². The first kappa shape index (κ1) is 18.0. The SMILES string of the molecule is CC(=O)N(CCNC(=O)c1ccccc1)c1ccc(N2CCCC2)cc1. The van der Waals surface area contributed by atoms with E-state index in [2.05, 4.69) is 22.3 Å². The number of anilines is 2. The van der Waals surface area contributed by atoms with Crippen LogP contribution in [0, 0.1) is 0 Å². The normalized spacial score (nSPS) is 13.5. The molecule has 0 radical (unpaired) electrons. The molecule has 0 atom stereocenters. The van der Waals surface area contributed by atoms with E-state index < -0.39 is 0 Å². The van der Waals surface area contributed by atoms with E-state index in [4.69, 9.17) is 0 Å². The Morgan fingerprint density at radius 1 is 1.00 bits per heavy atom. The second-order valence-corrected chi connectivity index (χ2v) is 6.50. The number of hydrogen-bond donors (Lipinski definition) is 1. The molecular weight excluding hydrogens is 326 g/mol. The summed E-state index contributed by atoms with van der Waals surface area (Å²) < 4.78 is 0. The number of benzene rings is 2. The lowest BCUT2D eigenvalue weighted by Gasteiger charge is -2.23. The monoisotopic (exact) mass is 351 g/mol. The van der Waals surface area contributed by atoms with Crippen LogP contribution >= 0.6 is 0 Å². The van der Waals surface area contributed by atoms with Gasteiger partial charge >= 0.3 is 0 Å². The van der Waals surface area contributed by atoms with Gasteiger partial charge in [-0.25, -0.2) is 0 Å². The number of carbonyl (C=O) groups excluding carboxylic acids is 2. The topological polar surface area (TPSA) is 52.7 Å². The molecule has 2 aromatic rings. The van der Waals surface area contributed by atoms with Crippen molar-refractivity contribution in [3.05, 3.63) is 60.2 Å². The molecular formula is C21H25N3O2. The number of nitrogens with zero attached hydrogens (tertiary/aromatic N) is 2. The summed E-state index contributed by atoms with van der Waals surface area (Å²) in [6, 6.07) is 17.2. The van der Waals surface area contributed by atoms with Gasteiger partial charge in [-0.2, -0.15) is 0 Å². The van der Waals surface area contributed by atoms with E-state index >= 15 is 0 Å². The van der Waals surface area contributed by atoms with Gasteiger partial charge in [-0.1, -0.05) is 18.2 Å². The third-order valence-electron chi connectivity index (χ3n) is 4.67. The van der Waals surface area contributed by atoms with Crippen LogP contribution in [0.4, 0.5) is 11.4 Å². The van der Waals surface area contributed by atoms with Crippen molar-refractivity contribution in [2.24, 2.45) is 0 Å². The van der Waals surface area contributed by atoms with E-state index in [1.165, 1.54) is 18.5 Å². The molecule has 0 saturated carbocycles. The third kappa shape index (κ3) is 4.42. The second kappa shape index (κ2) is 8.52. The van der Waals surface area contributed by atoms with E-state index in [0.29, 0.717) is 18.7 Å². The Labute approximate surface area is 154 Å². The maximum absolute atomic E-state index is 12.1. The molecule has 5 nitrogen and oxygen atoms in total. The Morgan fingerprint density at radius 3 is 2.27 bits per heavy atom. The minimum Gasteiger partial charge on any atom is -0.372 e. The van der Waals surface area contributed by atoms with E-state index in [0.717, 1.165) is 18.8 Å². The smallest absolute Gasteiger partial charge is 0.251 e. The first-order valence-corrected chi connectivity index (χ1v) is 9.11. The predicted octanol–water partition coefficient (Wildman–Crippen LogP) is 3.07. The molecule has 1 saturated heterocycles. The van der Waals surface area contributed by atoms with Crippen LogP contribution in [0.1, 0.15) is 30.1 Å². The van der Waals surface area contributed by atoms with Crippen LogP contribution < -0.4 is 15.1 Å². The Kier molecular flexibility index (Phi) is 5.89. The molecule has 1 heterocycles. The fraction of sp³-hybridized carbons (Fsp3) is 0.333. The lowest BCUT2D eigenvalue weighted by Crippen LogP contribution is -2.37. The van der Waals surface area contributed by atoms with Gasteiger partial charge in [0, 0.05) is 50.0 Å². The average molecular weight is 351 g/mol. The molecule has 5 heteroatoms. The molecule has 2 aromatic carbocycles. The summed E-state index contributed by atoms with van der Waals surface area (Å²) in [5, 5.41) is 2.87. The third-order valence-corrected chi connectivity index (χ3v) is 4.67. The molecule has 1 aliphatic rings. The van der Waals surface area contributed by atoms with Gasteiger partial charge in [0.15, 0.2) is 0 Å². The van der Waals surface area contributed by atoms with Crippen LogP contribution in [0.3, 0.4) is 0 Å². The lowest BCUT2D eigenvalue weighted by molar-refractivity contribution is -0.116. The summed E-state index contributed by atoms with van der Waals surface area (Å²) in [7, 11) is 0. The summed E-state index contributed by atoms with van der Waals surface area (Å²) in [6.45, 7) is 4.59. The minimum atomic E-state index is -0.126. The van der Waals surface area contributed by atoms with Crippen LogP contribution in [0.2, 0.25) is 0 Å². The van der Waals surface area contributed by atoms with Crippen molar-refractivity contribution in [1.29, 1.82) is 0 Å². The number of rotatable bonds is 6. The maximum atomic E-state index is 12.1. The molecule has 1 aliphatic heterocycles. The van der Waals surface area contributed by atoms with Crippen LogP contribution in [-0.2, 0) is 4.79 Å². The molecule has 1 N–H and O–H groups in total. The van der Waals surface area contributed by atoms with Crippen LogP contribution in [0.5, 0.6) is 0 Å². The molecule has 0 unspecified atom stereocenters. The Morgan fingerprint density at radius 2 is 1.65 bits per heavy atom. The zero-order valence-electron chi connectivity index (χ0n) is 15.1. The fourth-order valence-corrected chi connectivity index (χ4v) is 3.26. The maximum Gasteiger partial charge on any atom is 0.251 e. The largest absolute Gasteiger partial charge is 0.372 e. The molecule has 1 fully saturated rings. The minimum absolute atomic E-state index is 0.0344. The fourth-order valence-electron chi connectivity index (χ4n) is 3.26. The molecule has 26 heavy (non-hydrogen) atoms. The van der Waals surface area contributed by atoms with Crippen LogP contribution in [0.25, 0.3) is 0 Å². The van der Waals surface area contributed by atoms with Crippen molar-refractivity contribution >= 4 is 23.2 Å². The summed E-state index contributed by atoms with van der Waals surface area (Å²) in [6.07, 6.45) is 2.48. The molecule has 0 aromatic heterocycles. The standard InChI is InChI=1S/C21H25N3O2/c1-17(25)24(16-13-22-21(26)18-7-3-2-4-8-18)20-11-9-19(10-12-20)23-14-5-6-15-23/h2-4,7-12H,5-6,13-16H2,1H3,(H,22,26). The van der Waals surface area contributed by atoms with Gasteiger partial charge in [0.1, 0.15) is 0 Å². The molecule has 3 rings (SSSR count). The quantitative estimate of drug-likeness (QED) is 0.870. The zero-order valence-corrected chi connectivity index (χ0v) is 15.1. The molecule has 0 bridgehead atoms. The number of nitrogens with one attached hydrogen (secondary N) is 1. The first-order chi connectivity index (χ1) is 12.6. The number of hydrogen-bond acceptors (Lipinski definition) is 3. The van der Waals surface area contributed by atoms with Crippen LogP contribution in [0.15, 0.2) is 54.6 Å². The molecule has 136 valence electrons. The summed E-state index contributed by atoms with van der Waals surface area (Å²) in [5.41, 5.74) is 2.68. The highest BCUT2D eigenvalue weighted by atomic mass is 16.2. The van der Waals surface area contributed by atoms with E-state index in [1.807, 2.05) is 30.3 Å². The summed E-state index contributed by atoms with van der Waals surface area (Å²) in [4.78, 5) is 28.2. The Balaban J connectivity index is 1.58. The van der Waals surface area contributed by atoms with Crippen LogP contribution in [-0.4, -0.2) is 38.0 Å². The van der Waals surface area contributed by atoms with Crippen molar-refractivity contribution in [2.75, 3.05) is 36.0 Å².